The molecule has 0 atom stereocenters. The van der Waals surface area contributed by atoms with E-state index in [-0.39, 0.29) is 17.8 Å². The summed E-state index contributed by atoms with van der Waals surface area (Å²) in [4.78, 5) is 24.4. The first-order chi connectivity index (χ1) is 14.9. The molecule has 2 heterocycles. The van der Waals surface area contributed by atoms with Crippen molar-refractivity contribution >= 4 is 5.97 Å². The zero-order chi connectivity index (χ0) is 22.2. The van der Waals surface area contributed by atoms with Crippen LogP contribution in [0.5, 0.6) is 0 Å². The van der Waals surface area contributed by atoms with Gasteiger partial charge in [-0.25, -0.2) is 4.68 Å². The van der Waals surface area contributed by atoms with Crippen LogP contribution in [0, 0.1) is 5.92 Å². The van der Waals surface area contributed by atoms with Gasteiger partial charge in [-0.15, -0.1) is 0 Å². The van der Waals surface area contributed by atoms with Crippen LogP contribution in [0.2, 0.25) is 0 Å². The summed E-state index contributed by atoms with van der Waals surface area (Å²) in [7, 11) is 0. The third-order valence-electron chi connectivity index (χ3n) is 4.79. The number of benzene rings is 1. The van der Waals surface area contributed by atoms with Gasteiger partial charge in [0.15, 0.2) is 0 Å². The molecule has 0 amide bonds. The maximum atomic E-state index is 12.4. The molecule has 0 aliphatic heterocycles. The molecule has 3 rings (SSSR count). The number of hydrogen-bond acceptors (Lipinski definition) is 5. The number of carbonyl (C=O) groups is 1. The van der Waals surface area contributed by atoms with Crippen molar-refractivity contribution in [1.82, 2.24) is 19.6 Å². The first-order valence-electron chi connectivity index (χ1n) is 10.8. The zero-order valence-electron chi connectivity index (χ0n) is 18.5. The van der Waals surface area contributed by atoms with Gasteiger partial charge in [0.1, 0.15) is 11.4 Å². The Hall–Kier alpha value is -3.22. The molecule has 0 N–H and O–H groups in total. The lowest BCUT2D eigenvalue weighted by molar-refractivity contribution is -0.143. The van der Waals surface area contributed by atoms with Crippen LogP contribution in [0.4, 0.5) is 0 Å². The molecule has 1 aromatic carbocycles. The van der Waals surface area contributed by atoms with E-state index >= 15 is 0 Å². The molecule has 0 saturated carbocycles. The quantitative estimate of drug-likeness (QED) is 0.467. The molecule has 0 aliphatic rings. The van der Waals surface area contributed by atoms with E-state index in [2.05, 4.69) is 17.1 Å². The first kappa shape index (κ1) is 22.5. The number of aryl methyl sites for hydroxylation is 1. The highest BCUT2D eigenvalue weighted by atomic mass is 16.5. The molecule has 7 heteroatoms. The van der Waals surface area contributed by atoms with Crippen LogP contribution < -0.4 is 5.43 Å². The van der Waals surface area contributed by atoms with Crippen molar-refractivity contribution in [2.24, 2.45) is 5.92 Å². The Bertz CT molecular complexity index is 1070. The van der Waals surface area contributed by atoms with E-state index in [0.29, 0.717) is 24.6 Å². The molecular weight excluding hydrogens is 392 g/mol. The van der Waals surface area contributed by atoms with Crippen LogP contribution in [0.15, 0.2) is 53.7 Å². The average Bonchev–Trinajstić information content (AvgIpc) is 3.21. The van der Waals surface area contributed by atoms with Gasteiger partial charge in [-0.1, -0.05) is 51.5 Å². The number of carbonyl (C=O) groups excluding carboxylic acids is 1. The monoisotopic (exact) mass is 422 g/mol. The number of hydrogen-bond donors (Lipinski definition) is 0. The fourth-order valence-corrected chi connectivity index (χ4v) is 3.15. The standard InChI is InChI=1S/C24H30N4O3/c1-4-5-10-27-16-21(15-25-27)28-11-9-23(29)22(26-28)13-19-7-6-8-20(12-19)14-24(30)31-17-18(2)3/h6-9,11-12,15-16,18H,4-5,10,13-14,17H2,1-3H3. The predicted molar refractivity (Wildman–Crippen MR) is 119 cm³/mol. The summed E-state index contributed by atoms with van der Waals surface area (Å²) in [5.74, 6) is 0.0616. The summed E-state index contributed by atoms with van der Waals surface area (Å²) >= 11 is 0. The molecule has 0 bridgehead atoms. The number of unbranched alkanes of at least 4 members (excludes halogenated alkanes) is 1. The van der Waals surface area contributed by atoms with E-state index in [1.807, 2.05) is 49.0 Å². The summed E-state index contributed by atoms with van der Waals surface area (Å²) in [5.41, 5.74) is 2.94. The van der Waals surface area contributed by atoms with Crippen LogP contribution in [-0.4, -0.2) is 32.1 Å². The molecule has 0 fully saturated rings. The minimum absolute atomic E-state index is 0.114. The van der Waals surface area contributed by atoms with Gasteiger partial charge in [0, 0.05) is 25.2 Å². The molecule has 0 spiro atoms. The zero-order valence-corrected chi connectivity index (χ0v) is 18.5. The Kier molecular flexibility index (Phi) is 7.76. The van der Waals surface area contributed by atoms with Crippen molar-refractivity contribution in [3.05, 3.63) is 76.0 Å². The van der Waals surface area contributed by atoms with Gasteiger partial charge in [-0.2, -0.15) is 10.2 Å². The topological polar surface area (TPSA) is 79.0 Å². The molecule has 0 unspecified atom stereocenters. The fraction of sp³-hybridized carbons (Fsp3) is 0.417. The summed E-state index contributed by atoms with van der Waals surface area (Å²) in [6.07, 6.45) is 8.10. The highest BCUT2D eigenvalue weighted by molar-refractivity contribution is 5.72. The maximum absolute atomic E-state index is 12.4. The summed E-state index contributed by atoms with van der Waals surface area (Å²) in [6.45, 7) is 7.42. The van der Waals surface area contributed by atoms with E-state index in [0.717, 1.165) is 36.2 Å². The Balaban J connectivity index is 1.72. The molecule has 31 heavy (non-hydrogen) atoms. The molecule has 0 aliphatic carbocycles. The van der Waals surface area contributed by atoms with Gasteiger partial charge >= 0.3 is 5.97 Å². The molecule has 164 valence electrons. The number of esters is 1. The SMILES string of the molecule is CCCCn1cc(-n2ccc(=O)c(Cc3cccc(CC(=O)OCC(C)C)c3)n2)cn1. The molecule has 2 aromatic heterocycles. The number of rotatable bonds is 10. The van der Waals surface area contributed by atoms with Gasteiger partial charge < -0.3 is 4.74 Å². The van der Waals surface area contributed by atoms with E-state index in [1.54, 1.807) is 17.1 Å². The second kappa shape index (κ2) is 10.7. The van der Waals surface area contributed by atoms with Crippen molar-refractivity contribution in [3.63, 3.8) is 0 Å². The van der Waals surface area contributed by atoms with Crippen LogP contribution in [0.25, 0.3) is 5.69 Å². The van der Waals surface area contributed by atoms with Gasteiger partial charge in [0.05, 0.1) is 25.4 Å². The summed E-state index contributed by atoms with van der Waals surface area (Å²) < 4.78 is 8.83. The Labute approximate surface area is 182 Å². The number of nitrogens with zero attached hydrogens (tertiary/aromatic N) is 4. The third kappa shape index (κ3) is 6.64. The van der Waals surface area contributed by atoms with E-state index in [9.17, 15) is 9.59 Å². The largest absolute Gasteiger partial charge is 0.465 e. The lowest BCUT2D eigenvalue weighted by atomic mass is 10.0. The smallest absolute Gasteiger partial charge is 0.310 e. The predicted octanol–water partition coefficient (Wildman–Crippen LogP) is 3.56. The first-order valence-corrected chi connectivity index (χ1v) is 10.8. The van der Waals surface area contributed by atoms with Crippen molar-refractivity contribution in [3.8, 4) is 5.69 Å². The van der Waals surface area contributed by atoms with Crippen LogP contribution >= 0.6 is 0 Å². The van der Waals surface area contributed by atoms with E-state index in [4.69, 9.17) is 4.74 Å². The molecule has 0 radical (unpaired) electrons. The van der Waals surface area contributed by atoms with Gasteiger partial charge in [0.25, 0.3) is 0 Å². The van der Waals surface area contributed by atoms with Crippen molar-refractivity contribution in [2.45, 2.75) is 53.0 Å². The van der Waals surface area contributed by atoms with Gasteiger partial charge in [-0.05, 0) is 23.5 Å². The molecule has 0 saturated heterocycles. The molecule has 7 nitrogen and oxygen atoms in total. The average molecular weight is 423 g/mol. The summed E-state index contributed by atoms with van der Waals surface area (Å²) in [5, 5.41) is 8.90. The minimum atomic E-state index is -0.244. The highest BCUT2D eigenvalue weighted by Crippen LogP contribution is 2.11. The molecular formula is C24H30N4O3. The second-order valence-corrected chi connectivity index (χ2v) is 8.14. The highest BCUT2D eigenvalue weighted by Gasteiger charge is 2.10. The van der Waals surface area contributed by atoms with Crippen LogP contribution in [-0.2, 0) is 28.9 Å². The second-order valence-electron chi connectivity index (χ2n) is 8.14. The number of ether oxygens (including phenoxy) is 1. The maximum Gasteiger partial charge on any atom is 0.310 e. The summed E-state index contributed by atoms with van der Waals surface area (Å²) in [6, 6.07) is 9.17. The van der Waals surface area contributed by atoms with Crippen molar-refractivity contribution in [1.29, 1.82) is 0 Å². The lowest BCUT2D eigenvalue weighted by Crippen LogP contribution is -2.16. The minimum Gasteiger partial charge on any atom is -0.465 e. The Morgan fingerprint density at radius 1 is 1.19 bits per heavy atom. The van der Waals surface area contributed by atoms with Crippen molar-refractivity contribution in [2.75, 3.05) is 6.61 Å². The fourth-order valence-electron chi connectivity index (χ4n) is 3.15. The Morgan fingerprint density at radius 2 is 2.00 bits per heavy atom. The lowest BCUT2D eigenvalue weighted by Gasteiger charge is -2.09. The van der Waals surface area contributed by atoms with Crippen LogP contribution in [0.3, 0.4) is 0 Å². The van der Waals surface area contributed by atoms with E-state index in [1.165, 1.54) is 6.07 Å². The van der Waals surface area contributed by atoms with Crippen LogP contribution in [0.1, 0.15) is 50.4 Å². The third-order valence-corrected chi connectivity index (χ3v) is 4.79. The van der Waals surface area contributed by atoms with Gasteiger partial charge in [-0.3, -0.25) is 14.3 Å². The van der Waals surface area contributed by atoms with Crippen molar-refractivity contribution < 1.29 is 9.53 Å². The molecule has 3 aromatic rings. The van der Waals surface area contributed by atoms with Gasteiger partial charge in [0.2, 0.25) is 5.43 Å². The normalized spacial score (nSPS) is 11.1. The Morgan fingerprint density at radius 3 is 2.77 bits per heavy atom. The van der Waals surface area contributed by atoms with E-state index < -0.39 is 0 Å². The number of aromatic nitrogens is 4.